The average molecular weight is 416 g/mol. The van der Waals surface area contributed by atoms with E-state index >= 15 is 0 Å². The maximum Gasteiger partial charge on any atom is 0.237 e. The number of halogens is 1. The van der Waals surface area contributed by atoms with Crippen LogP contribution in [-0.2, 0) is 4.79 Å². The summed E-state index contributed by atoms with van der Waals surface area (Å²) in [5.74, 6) is 6.24. The van der Waals surface area contributed by atoms with Crippen molar-refractivity contribution in [2.75, 3.05) is 11.2 Å². The zero-order valence-electron chi connectivity index (χ0n) is 15.2. The standard InChI is InChI=1S/C19H18ClN5O2S/c1-11(26)13-5-4-8-16(10-13)22-18(27)12(2)28-19-24-23-17(25(19)21)14-6-3-7-15(20)9-14/h3-10,12H,21H2,1-2H3,(H,22,27)/t12-/m1/s1. The normalized spacial score (nSPS) is 11.8. The van der Waals surface area contributed by atoms with Crippen molar-refractivity contribution >= 4 is 40.7 Å². The van der Waals surface area contributed by atoms with Gasteiger partial charge in [-0.3, -0.25) is 9.59 Å². The number of aromatic nitrogens is 3. The Labute approximate surface area is 171 Å². The molecule has 3 aromatic rings. The number of nitrogens with one attached hydrogen (secondary N) is 1. The molecule has 0 spiro atoms. The van der Waals surface area contributed by atoms with Crippen LogP contribution in [0.2, 0.25) is 5.02 Å². The maximum atomic E-state index is 12.5. The number of carbonyl (C=O) groups is 2. The van der Waals surface area contributed by atoms with Gasteiger partial charge in [-0.25, -0.2) is 4.68 Å². The lowest BCUT2D eigenvalue weighted by Gasteiger charge is -2.12. The van der Waals surface area contributed by atoms with Gasteiger partial charge in [0.05, 0.1) is 5.25 Å². The van der Waals surface area contributed by atoms with Crippen molar-refractivity contribution in [1.82, 2.24) is 14.9 Å². The lowest BCUT2D eigenvalue weighted by Crippen LogP contribution is -2.23. The molecule has 0 bridgehead atoms. The smallest absolute Gasteiger partial charge is 0.237 e. The Morgan fingerprint density at radius 3 is 2.64 bits per heavy atom. The molecule has 0 aliphatic heterocycles. The van der Waals surface area contributed by atoms with Gasteiger partial charge in [-0.1, -0.05) is 47.6 Å². The zero-order valence-corrected chi connectivity index (χ0v) is 16.8. The molecule has 1 aromatic heterocycles. The second kappa shape index (κ2) is 8.45. The Balaban J connectivity index is 1.71. The van der Waals surface area contributed by atoms with Gasteiger partial charge in [-0.15, -0.1) is 10.2 Å². The van der Waals surface area contributed by atoms with Crippen LogP contribution in [0.15, 0.2) is 53.7 Å². The Kier molecular flexibility index (Phi) is 6.01. The molecular formula is C19H18ClN5O2S. The van der Waals surface area contributed by atoms with Gasteiger partial charge in [0.15, 0.2) is 11.6 Å². The van der Waals surface area contributed by atoms with E-state index in [-0.39, 0.29) is 11.7 Å². The minimum absolute atomic E-state index is 0.0664. The molecule has 1 amide bonds. The summed E-state index contributed by atoms with van der Waals surface area (Å²) in [5, 5.41) is 11.4. The van der Waals surface area contributed by atoms with Gasteiger partial charge in [0.1, 0.15) is 0 Å². The van der Waals surface area contributed by atoms with Crippen LogP contribution < -0.4 is 11.2 Å². The number of hydrogen-bond acceptors (Lipinski definition) is 6. The largest absolute Gasteiger partial charge is 0.335 e. The number of anilines is 1. The van der Waals surface area contributed by atoms with E-state index in [9.17, 15) is 9.59 Å². The van der Waals surface area contributed by atoms with Crippen molar-refractivity contribution in [2.24, 2.45) is 0 Å². The number of Topliss-reactive ketones (excluding diaryl/α,β-unsaturated/α-hetero) is 1. The zero-order chi connectivity index (χ0) is 20.3. The number of amides is 1. The van der Waals surface area contributed by atoms with E-state index in [0.717, 1.165) is 5.56 Å². The maximum absolute atomic E-state index is 12.5. The molecule has 0 fully saturated rings. The predicted octanol–water partition coefficient (Wildman–Crippen LogP) is 3.63. The van der Waals surface area contributed by atoms with Crippen molar-refractivity contribution in [1.29, 1.82) is 0 Å². The number of nitrogens with zero attached hydrogens (tertiary/aromatic N) is 3. The molecule has 0 saturated carbocycles. The summed E-state index contributed by atoms with van der Waals surface area (Å²) in [6.07, 6.45) is 0. The number of benzene rings is 2. The summed E-state index contributed by atoms with van der Waals surface area (Å²) in [6, 6.07) is 13.9. The summed E-state index contributed by atoms with van der Waals surface area (Å²) >= 11 is 7.19. The third kappa shape index (κ3) is 4.52. The molecule has 0 aliphatic carbocycles. The first-order valence-corrected chi connectivity index (χ1v) is 9.66. The topological polar surface area (TPSA) is 103 Å². The van der Waals surface area contributed by atoms with E-state index in [4.69, 9.17) is 17.4 Å². The molecule has 28 heavy (non-hydrogen) atoms. The van der Waals surface area contributed by atoms with Gasteiger partial charge >= 0.3 is 0 Å². The quantitative estimate of drug-likeness (QED) is 0.362. The number of thioether (sulfide) groups is 1. The van der Waals surface area contributed by atoms with Gasteiger partial charge in [-0.2, -0.15) is 0 Å². The van der Waals surface area contributed by atoms with E-state index in [1.54, 1.807) is 49.4 Å². The van der Waals surface area contributed by atoms with Crippen molar-refractivity contribution in [2.45, 2.75) is 24.3 Å². The molecule has 2 aromatic carbocycles. The van der Waals surface area contributed by atoms with E-state index in [1.807, 2.05) is 6.07 Å². The van der Waals surface area contributed by atoms with Crippen LogP contribution >= 0.6 is 23.4 Å². The van der Waals surface area contributed by atoms with Gasteiger partial charge in [-0.05, 0) is 38.1 Å². The second-order valence-electron chi connectivity index (χ2n) is 6.07. The molecule has 144 valence electrons. The van der Waals surface area contributed by atoms with E-state index < -0.39 is 5.25 Å². The highest BCUT2D eigenvalue weighted by Gasteiger charge is 2.20. The molecule has 3 rings (SSSR count). The third-order valence-electron chi connectivity index (χ3n) is 3.94. The predicted molar refractivity (Wildman–Crippen MR) is 111 cm³/mol. The summed E-state index contributed by atoms with van der Waals surface area (Å²) < 4.78 is 1.33. The van der Waals surface area contributed by atoms with Crippen LogP contribution in [0.25, 0.3) is 11.4 Å². The summed E-state index contributed by atoms with van der Waals surface area (Å²) in [6.45, 7) is 3.22. The fourth-order valence-corrected chi connectivity index (χ4v) is 3.41. The van der Waals surface area contributed by atoms with Gasteiger partial charge in [0, 0.05) is 21.8 Å². The highest BCUT2D eigenvalue weighted by Crippen LogP contribution is 2.26. The lowest BCUT2D eigenvalue weighted by molar-refractivity contribution is -0.115. The lowest BCUT2D eigenvalue weighted by atomic mass is 10.1. The highest BCUT2D eigenvalue weighted by atomic mass is 35.5. The molecule has 7 nitrogen and oxygen atoms in total. The number of ketones is 1. The Hall–Kier alpha value is -2.84. The third-order valence-corrected chi connectivity index (χ3v) is 5.23. The van der Waals surface area contributed by atoms with Crippen LogP contribution in [0.5, 0.6) is 0 Å². The first kappa shape index (κ1) is 19.9. The SMILES string of the molecule is CC(=O)c1cccc(NC(=O)[C@@H](C)Sc2nnc(-c3cccc(Cl)c3)n2N)c1. The second-order valence-corrected chi connectivity index (χ2v) is 7.82. The molecular weight excluding hydrogens is 398 g/mol. The van der Waals surface area contributed by atoms with Gasteiger partial charge in [0.25, 0.3) is 0 Å². The first-order chi connectivity index (χ1) is 13.3. The van der Waals surface area contributed by atoms with Crippen LogP contribution in [0.3, 0.4) is 0 Å². The van der Waals surface area contributed by atoms with Crippen LogP contribution in [0.1, 0.15) is 24.2 Å². The molecule has 1 heterocycles. The molecule has 0 unspecified atom stereocenters. The van der Waals surface area contributed by atoms with Crippen LogP contribution in [0, 0.1) is 0 Å². The molecule has 9 heteroatoms. The summed E-state index contributed by atoms with van der Waals surface area (Å²) in [4.78, 5) is 24.0. The van der Waals surface area contributed by atoms with Crippen molar-refractivity contribution in [3.63, 3.8) is 0 Å². The number of nitrogen functional groups attached to an aromatic ring is 1. The Morgan fingerprint density at radius 1 is 1.18 bits per heavy atom. The Morgan fingerprint density at radius 2 is 1.93 bits per heavy atom. The number of rotatable bonds is 6. The molecule has 0 aliphatic rings. The minimum Gasteiger partial charge on any atom is -0.335 e. The molecule has 0 radical (unpaired) electrons. The van der Waals surface area contributed by atoms with Crippen LogP contribution in [0.4, 0.5) is 5.69 Å². The molecule has 1 atom stereocenters. The number of carbonyl (C=O) groups excluding carboxylic acids is 2. The monoisotopic (exact) mass is 415 g/mol. The van der Waals surface area contributed by atoms with Gasteiger partial charge in [0.2, 0.25) is 11.1 Å². The van der Waals surface area contributed by atoms with Crippen molar-refractivity contribution < 1.29 is 9.59 Å². The number of hydrogen-bond donors (Lipinski definition) is 2. The van der Waals surface area contributed by atoms with E-state index in [0.29, 0.717) is 27.3 Å². The summed E-state index contributed by atoms with van der Waals surface area (Å²) in [7, 11) is 0. The average Bonchev–Trinajstić information content (AvgIpc) is 3.02. The summed E-state index contributed by atoms with van der Waals surface area (Å²) in [5.41, 5.74) is 1.82. The highest BCUT2D eigenvalue weighted by molar-refractivity contribution is 8.00. The first-order valence-electron chi connectivity index (χ1n) is 8.40. The molecule has 0 saturated heterocycles. The fraction of sp³-hybridized carbons (Fsp3) is 0.158. The van der Waals surface area contributed by atoms with Crippen molar-refractivity contribution in [3.05, 3.63) is 59.1 Å². The van der Waals surface area contributed by atoms with Crippen molar-refractivity contribution in [3.8, 4) is 11.4 Å². The molecule has 3 N–H and O–H groups in total. The minimum atomic E-state index is -0.486. The van der Waals surface area contributed by atoms with Gasteiger partial charge < -0.3 is 11.2 Å². The number of nitrogens with two attached hydrogens (primary N) is 1. The Bertz CT molecular complexity index is 1040. The van der Waals surface area contributed by atoms with E-state index in [1.165, 1.54) is 23.4 Å². The van der Waals surface area contributed by atoms with E-state index in [2.05, 4.69) is 15.5 Å². The van der Waals surface area contributed by atoms with Crippen LogP contribution in [-0.4, -0.2) is 31.8 Å². The fourth-order valence-electron chi connectivity index (χ4n) is 2.45.